The lowest BCUT2D eigenvalue weighted by Crippen LogP contribution is -2.60. The number of nitrogens with one attached hydrogen (secondary N) is 4. The first-order valence-corrected chi connectivity index (χ1v) is 25.5. The Morgan fingerprint density at radius 1 is 0.722 bits per heavy atom. The standard InChI is InChI=1S/C53H66N10O16/c1-29(64)75-28-44-46(76-30(2)65)47(77-31(3)66)48(78-32(4)67)53(79-44)63-27-35(56-45(68)14-11-18-74-43-23-38-37(22-42(43)73-9)52(72)62-17-10-13-36(62)24-55-38)21-41(63)51(71)58-34-20-40(61(8)26-34)50(70)57-33-19-39(60(7)25-33)49(69)54-15-12-16-59(5)6/h19-27,36,44,46-48,53H,10-18,28H2,1-9H3,(H,54,69)(H,56,68)(H,57,70)(H,58,71)/t36-,44-,46-,47+,48-,53+/m1/s1. The number of carbonyl (C=O) groups is 9. The van der Waals surface area contributed by atoms with Gasteiger partial charge in [0.05, 0.1) is 48.1 Å². The second-order valence-corrected chi connectivity index (χ2v) is 19.4. The number of methoxy groups -OCH3 is 1. The quantitative estimate of drug-likeness (QED) is 0.0495. The Bertz CT molecular complexity index is 3010. The first-order chi connectivity index (χ1) is 37.6. The zero-order chi connectivity index (χ0) is 57.2. The summed E-state index contributed by atoms with van der Waals surface area (Å²) in [6.45, 7) is 5.68. The largest absolute Gasteiger partial charge is 0.493 e. The van der Waals surface area contributed by atoms with Gasteiger partial charge in [-0.1, -0.05) is 0 Å². The van der Waals surface area contributed by atoms with Gasteiger partial charge in [-0.2, -0.15) is 0 Å². The van der Waals surface area contributed by atoms with Crippen LogP contribution in [0.4, 0.5) is 22.7 Å². The first-order valence-electron chi connectivity index (χ1n) is 25.5. The number of anilines is 3. The number of fused-ring (bicyclic) bond motifs is 2. The summed E-state index contributed by atoms with van der Waals surface area (Å²) >= 11 is 0. The Balaban J connectivity index is 1.13. The van der Waals surface area contributed by atoms with E-state index >= 15 is 0 Å². The van der Waals surface area contributed by atoms with Crippen LogP contribution in [0.1, 0.15) is 108 Å². The van der Waals surface area contributed by atoms with Gasteiger partial charge in [0.1, 0.15) is 29.8 Å². The summed E-state index contributed by atoms with van der Waals surface area (Å²) in [5, 5.41) is 11.2. The predicted octanol–water partition coefficient (Wildman–Crippen LogP) is 3.73. The molecular formula is C53H66N10O16. The number of amides is 5. The molecule has 6 atom stereocenters. The maximum Gasteiger partial charge on any atom is 0.303 e. The molecule has 0 aliphatic carbocycles. The molecular weight excluding hydrogens is 1030 g/mol. The van der Waals surface area contributed by atoms with Gasteiger partial charge in [-0.3, -0.25) is 48.1 Å². The number of hydrogen-bond acceptors (Lipinski definition) is 18. The van der Waals surface area contributed by atoms with Crippen LogP contribution in [0.15, 0.2) is 53.9 Å². The molecule has 1 aromatic carbocycles. The van der Waals surface area contributed by atoms with Crippen molar-refractivity contribution in [2.24, 2.45) is 19.1 Å². The Kier molecular flexibility index (Phi) is 19.0. The highest BCUT2D eigenvalue weighted by Gasteiger charge is 2.53. The van der Waals surface area contributed by atoms with Gasteiger partial charge in [-0.15, -0.1) is 0 Å². The Morgan fingerprint density at radius 2 is 1.33 bits per heavy atom. The molecule has 0 bridgehead atoms. The molecule has 26 heteroatoms. The number of ether oxygens (including phenoxy) is 7. The van der Waals surface area contributed by atoms with Crippen LogP contribution in [-0.2, 0) is 61.8 Å². The van der Waals surface area contributed by atoms with E-state index < -0.39 is 78.8 Å². The van der Waals surface area contributed by atoms with E-state index in [2.05, 4.69) is 26.3 Å². The third-order valence-electron chi connectivity index (χ3n) is 12.9. The lowest BCUT2D eigenvalue weighted by molar-refractivity contribution is -0.268. The van der Waals surface area contributed by atoms with Crippen LogP contribution in [0.2, 0.25) is 0 Å². The van der Waals surface area contributed by atoms with Crippen LogP contribution >= 0.6 is 0 Å². The molecule has 3 aliphatic heterocycles. The smallest absolute Gasteiger partial charge is 0.303 e. The Morgan fingerprint density at radius 3 is 1.96 bits per heavy atom. The number of esters is 4. The summed E-state index contributed by atoms with van der Waals surface area (Å²) in [4.78, 5) is 127. The number of nitrogens with zero attached hydrogens (tertiary/aromatic N) is 6. The van der Waals surface area contributed by atoms with E-state index in [1.54, 1.807) is 48.1 Å². The van der Waals surface area contributed by atoms with Crippen molar-refractivity contribution in [2.45, 2.75) is 96.5 Å². The van der Waals surface area contributed by atoms with Crippen LogP contribution in [0.3, 0.4) is 0 Å². The van der Waals surface area contributed by atoms with Gasteiger partial charge in [0.15, 0.2) is 36.0 Å². The maximum atomic E-state index is 14.6. The molecule has 7 rings (SSSR count). The van der Waals surface area contributed by atoms with Crippen LogP contribution in [-0.4, -0.2) is 168 Å². The number of aliphatic imine (C=N–C) groups is 1. The fourth-order valence-electron chi connectivity index (χ4n) is 9.42. The molecule has 0 radical (unpaired) electrons. The third kappa shape index (κ3) is 14.5. The van der Waals surface area contributed by atoms with Crippen LogP contribution in [0.25, 0.3) is 0 Å². The molecule has 79 heavy (non-hydrogen) atoms. The number of hydrogen-bond donors (Lipinski definition) is 4. The Hall–Kier alpha value is -8.52. The predicted molar refractivity (Wildman–Crippen MR) is 282 cm³/mol. The summed E-state index contributed by atoms with van der Waals surface area (Å²) < 4.78 is 44.4. The van der Waals surface area contributed by atoms with Gasteiger partial charge >= 0.3 is 23.9 Å². The van der Waals surface area contributed by atoms with E-state index in [4.69, 9.17) is 33.2 Å². The van der Waals surface area contributed by atoms with Crippen LogP contribution < -0.4 is 30.7 Å². The molecule has 2 saturated heterocycles. The van der Waals surface area contributed by atoms with E-state index in [1.807, 2.05) is 19.0 Å². The highest BCUT2D eigenvalue weighted by Crippen LogP contribution is 2.39. The van der Waals surface area contributed by atoms with Crippen molar-refractivity contribution in [3.05, 3.63) is 71.6 Å². The second-order valence-electron chi connectivity index (χ2n) is 19.4. The van der Waals surface area contributed by atoms with Crippen LogP contribution in [0, 0.1) is 0 Å². The van der Waals surface area contributed by atoms with Crippen molar-refractivity contribution >= 4 is 82.4 Å². The summed E-state index contributed by atoms with van der Waals surface area (Å²) in [6.07, 6.45) is 0.858. The Labute approximate surface area is 454 Å². The second kappa shape index (κ2) is 25.8. The van der Waals surface area contributed by atoms with Gasteiger partial charge in [-0.05, 0) is 70.6 Å². The SMILES string of the molecule is COc1cc2c(cc1OCCCC(=O)Nc1cc(C(=O)Nc3cc(C(=O)Nc4cc(C(=O)NCCCN(C)C)n(C)c4)n(C)c3)n([C@H]3O[C@H](COC(C)=O)[C@@H](OC(C)=O)[C@H](OC(C)=O)[C@H]3OC(C)=O)c1)N=C[C@H]1CCCN1C2=O. The molecule has 0 saturated carbocycles. The normalized spacial score (nSPS) is 19.3. The lowest BCUT2D eigenvalue weighted by atomic mass is 9.97. The molecule has 6 heterocycles. The molecule has 4 aromatic rings. The third-order valence-corrected chi connectivity index (χ3v) is 12.9. The van der Waals surface area contributed by atoms with E-state index in [9.17, 15) is 43.2 Å². The number of aryl methyl sites for hydroxylation is 2. The van der Waals surface area contributed by atoms with E-state index in [1.165, 1.54) is 46.8 Å². The molecule has 4 N–H and O–H groups in total. The summed E-state index contributed by atoms with van der Waals surface area (Å²) in [5.74, 6) is -5.16. The van der Waals surface area contributed by atoms with Crippen molar-refractivity contribution < 1.29 is 76.3 Å². The van der Waals surface area contributed by atoms with Gasteiger partial charge < -0.3 is 77.9 Å². The highest BCUT2D eigenvalue weighted by atomic mass is 16.7. The van der Waals surface area contributed by atoms with Gasteiger partial charge in [0.25, 0.3) is 23.6 Å². The van der Waals surface area contributed by atoms with Gasteiger partial charge in [0.2, 0.25) is 5.91 Å². The molecule has 5 amide bonds. The molecule has 26 nitrogen and oxygen atoms in total. The fraction of sp³-hybridized carbons (Fsp3) is 0.472. The number of rotatable bonds is 22. The number of carbonyl (C=O) groups excluding carboxylic acids is 9. The minimum absolute atomic E-state index is 0.0342. The average molecular weight is 1100 g/mol. The topological polar surface area (TPSA) is 300 Å². The van der Waals surface area contributed by atoms with Crippen molar-refractivity contribution in [3.8, 4) is 11.5 Å². The van der Waals surface area contributed by atoms with Gasteiger partial charge in [0, 0.05) is 92.2 Å². The summed E-state index contributed by atoms with van der Waals surface area (Å²) in [7, 11) is 8.57. The summed E-state index contributed by atoms with van der Waals surface area (Å²) in [5.41, 5.74) is 1.51. The lowest BCUT2D eigenvalue weighted by Gasteiger charge is -2.45. The van der Waals surface area contributed by atoms with Crippen LogP contribution in [0.5, 0.6) is 11.5 Å². The number of benzene rings is 1. The minimum atomic E-state index is -1.65. The van der Waals surface area contributed by atoms with Crippen molar-refractivity contribution in [1.29, 1.82) is 0 Å². The first kappa shape index (κ1) is 58.2. The zero-order valence-electron chi connectivity index (χ0n) is 45.4. The molecule has 424 valence electrons. The molecule has 3 aromatic heterocycles. The average Bonchev–Trinajstić information content (AvgIpc) is 4.21. The van der Waals surface area contributed by atoms with Crippen molar-refractivity contribution in [2.75, 3.05) is 70.0 Å². The monoisotopic (exact) mass is 1100 g/mol. The van der Waals surface area contributed by atoms with Crippen molar-refractivity contribution in [1.82, 2.24) is 28.8 Å². The van der Waals surface area contributed by atoms with E-state index in [-0.39, 0.29) is 60.1 Å². The van der Waals surface area contributed by atoms with E-state index in [0.29, 0.717) is 47.2 Å². The van der Waals surface area contributed by atoms with E-state index in [0.717, 1.165) is 53.5 Å². The highest BCUT2D eigenvalue weighted by molar-refractivity contribution is 6.08. The van der Waals surface area contributed by atoms with Crippen molar-refractivity contribution in [3.63, 3.8) is 0 Å². The number of aromatic nitrogens is 3. The minimum Gasteiger partial charge on any atom is -0.493 e. The maximum absolute atomic E-state index is 14.6. The molecule has 0 unspecified atom stereocenters. The zero-order valence-corrected chi connectivity index (χ0v) is 45.4. The summed E-state index contributed by atoms with van der Waals surface area (Å²) in [6, 6.07) is 7.35. The molecule has 2 fully saturated rings. The molecule has 3 aliphatic rings. The van der Waals surface area contributed by atoms with Gasteiger partial charge in [-0.25, -0.2) is 0 Å². The fourth-order valence-corrected chi connectivity index (χ4v) is 9.42. The molecule has 0 spiro atoms.